The number of nitrogens with one attached hydrogen (secondary N) is 2. The van der Waals surface area contributed by atoms with Gasteiger partial charge in [0.1, 0.15) is 11.5 Å². The normalized spacial score (nSPS) is 11.9. The smallest absolute Gasteiger partial charge is 0.328 e. The second kappa shape index (κ2) is 6.60. The predicted molar refractivity (Wildman–Crippen MR) is 59.9 cm³/mol. The minimum absolute atomic E-state index is 0.105. The van der Waals surface area contributed by atoms with E-state index in [1.165, 1.54) is 7.11 Å². The predicted octanol–water partition coefficient (Wildman–Crippen LogP) is -0.118. The van der Waals surface area contributed by atoms with Crippen molar-refractivity contribution in [3.05, 3.63) is 17.5 Å². The zero-order chi connectivity index (χ0) is 13.5. The maximum absolute atomic E-state index is 11.4. The number of carbonyl (C=O) groups excluding carboxylic acids is 1. The number of amides is 2. The molecule has 1 aromatic rings. The van der Waals surface area contributed by atoms with Gasteiger partial charge in [-0.2, -0.15) is 0 Å². The number of aryl methyl sites for hydroxylation is 1. The van der Waals surface area contributed by atoms with E-state index < -0.39 is 18.0 Å². The van der Waals surface area contributed by atoms with Crippen LogP contribution in [0.15, 0.2) is 10.6 Å². The van der Waals surface area contributed by atoms with E-state index in [1.807, 2.05) is 0 Å². The van der Waals surface area contributed by atoms with E-state index in [2.05, 4.69) is 20.5 Å². The van der Waals surface area contributed by atoms with Gasteiger partial charge in [0.15, 0.2) is 6.04 Å². The van der Waals surface area contributed by atoms with Crippen LogP contribution in [0, 0.1) is 6.92 Å². The molecule has 0 radical (unpaired) electrons. The second-order valence-corrected chi connectivity index (χ2v) is 3.60. The van der Waals surface area contributed by atoms with Crippen LogP contribution in [-0.2, 0) is 16.1 Å². The number of nitrogens with zero attached hydrogens (tertiary/aromatic N) is 1. The summed E-state index contributed by atoms with van der Waals surface area (Å²) in [6.07, 6.45) is 0. The van der Waals surface area contributed by atoms with Gasteiger partial charge in [-0.25, -0.2) is 9.59 Å². The number of hydrogen-bond donors (Lipinski definition) is 3. The van der Waals surface area contributed by atoms with Crippen LogP contribution >= 0.6 is 0 Å². The number of aromatic nitrogens is 1. The molecule has 100 valence electrons. The number of hydrogen-bond acceptors (Lipinski definition) is 5. The monoisotopic (exact) mass is 257 g/mol. The standard InChI is InChI=1S/C10H15N3O5/c1-6-3-7(13-18-6)4-11-10(16)12-8(5-17-2)9(14)15/h3,8H,4-5H2,1-2H3,(H,14,15)(H2,11,12,16). The van der Waals surface area contributed by atoms with E-state index in [-0.39, 0.29) is 13.2 Å². The second-order valence-electron chi connectivity index (χ2n) is 3.60. The van der Waals surface area contributed by atoms with Crippen LogP contribution in [0.2, 0.25) is 0 Å². The number of carboxylic acids is 1. The van der Waals surface area contributed by atoms with Crippen LogP contribution in [0.25, 0.3) is 0 Å². The maximum atomic E-state index is 11.4. The molecule has 0 aliphatic rings. The summed E-state index contributed by atoms with van der Waals surface area (Å²) in [5, 5.41) is 17.2. The third kappa shape index (κ3) is 4.42. The van der Waals surface area contributed by atoms with Gasteiger partial charge in [0.2, 0.25) is 0 Å². The summed E-state index contributed by atoms with van der Waals surface area (Å²) >= 11 is 0. The van der Waals surface area contributed by atoms with Crippen LogP contribution in [0.5, 0.6) is 0 Å². The lowest BCUT2D eigenvalue weighted by molar-refractivity contribution is -0.140. The van der Waals surface area contributed by atoms with Crippen LogP contribution in [0.4, 0.5) is 4.79 Å². The van der Waals surface area contributed by atoms with E-state index in [0.717, 1.165) is 0 Å². The number of ether oxygens (including phenoxy) is 1. The average molecular weight is 257 g/mol. The Balaban J connectivity index is 2.38. The first-order valence-corrected chi connectivity index (χ1v) is 5.21. The molecule has 18 heavy (non-hydrogen) atoms. The van der Waals surface area contributed by atoms with Gasteiger partial charge in [-0.05, 0) is 6.92 Å². The van der Waals surface area contributed by atoms with Crippen molar-refractivity contribution < 1.29 is 24.0 Å². The molecule has 0 bridgehead atoms. The van der Waals surface area contributed by atoms with Crippen molar-refractivity contribution in [3.63, 3.8) is 0 Å². The minimum atomic E-state index is -1.16. The summed E-state index contributed by atoms with van der Waals surface area (Å²) in [6.45, 7) is 1.78. The molecule has 0 fully saturated rings. The fraction of sp³-hybridized carbons (Fsp3) is 0.500. The molecule has 1 rings (SSSR count). The number of rotatable bonds is 6. The molecule has 1 heterocycles. The number of carbonyl (C=O) groups is 2. The molecule has 2 amide bonds. The first-order chi connectivity index (χ1) is 8.52. The highest BCUT2D eigenvalue weighted by molar-refractivity contribution is 5.82. The minimum Gasteiger partial charge on any atom is -0.480 e. The Labute approximate surface area is 103 Å². The van der Waals surface area contributed by atoms with Gasteiger partial charge in [0.25, 0.3) is 0 Å². The maximum Gasteiger partial charge on any atom is 0.328 e. The average Bonchev–Trinajstić information content (AvgIpc) is 2.72. The molecule has 8 heteroatoms. The Morgan fingerprint density at radius 2 is 2.33 bits per heavy atom. The number of carboxylic acid groups (broad SMARTS) is 1. The topological polar surface area (TPSA) is 114 Å². The van der Waals surface area contributed by atoms with E-state index in [4.69, 9.17) is 9.63 Å². The third-order valence-corrected chi connectivity index (χ3v) is 2.04. The molecule has 1 aromatic heterocycles. The summed E-state index contributed by atoms with van der Waals surface area (Å²) < 4.78 is 9.50. The Bertz CT molecular complexity index is 417. The number of methoxy groups -OCH3 is 1. The zero-order valence-electron chi connectivity index (χ0n) is 10.1. The molecule has 0 aromatic carbocycles. The first-order valence-electron chi connectivity index (χ1n) is 5.21. The largest absolute Gasteiger partial charge is 0.480 e. The SMILES string of the molecule is COCC(NC(=O)NCc1cc(C)on1)C(=O)O. The van der Waals surface area contributed by atoms with Crippen molar-refractivity contribution in [1.82, 2.24) is 15.8 Å². The van der Waals surface area contributed by atoms with Crippen LogP contribution in [0.3, 0.4) is 0 Å². The van der Waals surface area contributed by atoms with Gasteiger partial charge in [-0.1, -0.05) is 5.16 Å². The molecule has 3 N–H and O–H groups in total. The van der Waals surface area contributed by atoms with E-state index >= 15 is 0 Å². The molecule has 0 spiro atoms. The molecule has 0 aliphatic heterocycles. The quantitative estimate of drug-likeness (QED) is 0.654. The molecule has 1 atom stereocenters. The molecular weight excluding hydrogens is 242 g/mol. The van der Waals surface area contributed by atoms with Crippen LogP contribution < -0.4 is 10.6 Å². The molecular formula is C10H15N3O5. The fourth-order valence-corrected chi connectivity index (χ4v) is 1.22. The lowest BCUT2D eigenvalue weighted by Crippen LogP contribution is -2.48. The highest BCUT2D eigenvalue weighted by Gasteiger charge is 2.19. The fourth-order valence-electron chi connectivity index (χ4n) is 1.22. The Morgan fingerprint density at radius 3 is 2.83 bits per heavy atom. The summed E-state index contributed by atoms with van der Waals surface area (Å²) in [6, 6.07) is -0.0291. The van der Waals surface area contributed by atoms with E-state index in [9.17, 15) is 9.59 Å². The van der Waals surface area contributed by atoms with Crippen molar-refractivity contribution in [1.29, 1.82) is 0 Å². The highest BCUT2D eigenvalue weighted by Crippen LogP contribution is 2.00. The van der Waals surface area contributed by atoms with Crippen molar-refractivity contribution in [2.24, 2.45) is 0 Å². The lowest BCUT2D eigenvalue weighted by atomic mass is 10.3. The molecule has 0 saturated carbocycles. The Hall–Kier alpha value is -2.09. The summed E-state index contributed by atoms with van der Waals surface area (Å²) in [7, 11) is 1.35. The van der Waals surface area contributed by atoms with E-state index in [1.54, 1.807) is 13.0 Å². The van der Waals surface area contributed by atoms with E-state index in [0.29, 0.717) is 11.5 Å². The summed E-state index contributed by atoms with van der Waals surface area (Å²) in [4.78, 5) is 22.2. The van der Waals surface area contributed by atoms with Crippen molar-refractivity contribution in [2.45, 2.75) is 19.5 Å². The summed E-state index contributed by atoms with van der Waals surface area (Å²) in [5.41, 5.74) is 0.557. The molecule has 8 nitrogen and oxygen atoms in total. The highest BCUT2D eigenvalue weighted by atomic mass is 16.5. The lowest BCUT2D eigenvalue weighted by Gasteiger charge is -2.13. The van der Waals surface area contributed by atoms with Gasteiger partial charge in [-0.15, -0.1) is 0 Å². The Morgan fingerprint density at radius 1 is 1.61 bits per heavy atom. The van der Waals surface area contributed by atoms with Crippen LogP contribution in [-0.4, -0.2) is 42.0 Å². The number of urea groups is 1. The van der Waals surface area contributed by atoms with Gasteiger partial charge in [0, 0.05) is 13.2 Å². The van der Waals surface area contributed by atoms with Gasteiger partial charge < -0.3 is 25.0 Å². The van der Waals surface area contributed by atoms with Gasteiger partial charge in [0.05, 0.1) is 13.2 Å². The van der Waals surface area contributed by atoms with Crippen molar-refractivity contribution >= 4 is 12.0 Å². The van der Waals surface area contributed by atoms with Crippen molar-refractivity contribution in [2.75, 3.05) is 13.7 Å². The molecule has 0 aliphatic carbocycles. The molecule has 1 unspecified atom stereocenters. The van der Waals surface area contributed by atoms with Gasteiger partial charge >= 0.3 is 12.0 Å². The zero-order valence-corrected chi connectivity index (χ0v) is 10.1. The van der Waals surface area contributed by atoms with Crippen LogP contribution in [0.1, 0.15) is 11.5 Å². The molecule has 0 saturated heterocycles. The first kappa shape index (κ1) is 14.0. The third-order valence-electron chi connectivity index (χ3n) is 2.04. The van der Waals surface area contributed by atoms with Crippen molar-refractivity contribution in [3.8, 4) is 0 Å². The Kier molecular flexibility index (Phi) is 5.12. The summed E-state index contributed by atoms with van der Waals surface area (Å²) in [5.74, 6) is -0.528. The van der Waals surface area contributed by atoms with Gasteiger partial charge in [-0.3, -0.25) is 0 Å². The number of aliphatic carboxylic acids is 1.